The van der Waals surface area contributed by atoms with Gasteiger partial charge in [0.25, 0.3) is 11.1 Å². The number of rotatable bonds is 11. The predicted molar refractivity (Wildman–Crippen MR) is 165 cm³/mol. The van der Waals surface area contributed by atoms with Crippen molar-refractivity contribution in [3.8, 4) is 17.2 Å². The summed E-state index contributed by atoms with van der Waals surface area (Å²) in [5.41, 5.74) is 3.73. The van der Waals surface area contributed by atoms with Gasteiger partial charge in [-0.05, 0) is 94.5 Å². The topological polar surface area (TPSA) is 65.1 Å². The summed E-state index contributed by atoms with van der Waals surface area (Å²) in [4.78, 5) is 27.4. The smallest absolute Gasteiger partial charge is 0.293 e. The van der Waals surface area contributed by atoms with Gasteiger partial charge in [-0.3, -0.25) is 14.5 Å². The van der Waals surface area contributed by atoms with Crippen LogP contribution in [0.4, 0.5) is 4.79 Å². The maximum atomic E-state index is 13.1. The zero-order valence-electron chi connectivity index (χ0n) is 22.8. The Morgan fingerprint density at radius 2 is 1.80 bits per heavy atom. The van der Waals surface area contributed by atoms with Crippen LogP contribution in [0, 0.1) is 6.92 Å². The summed E-state index contributed by atoms with van der Waals surface area (Å²) in [6.07, 6.45) is 1.69. The number of carbonyl (C=O) groups is 2. The van der Waals surface area contributed by atoms with Crippen molar-refractivity contribution >= 4 is 56.5 Å². The van der Waals surface area contributed by atoms with E-state index in [4.69, 9.17) is 25.8 Å². The van der Waals surface area contributed by atoms with E-state index in [1.165, 1.54) is 4.90 Å². The van der Waals surface area contributed by atoms with E-state index in [1.54, 1.807) is 12.1 Å². The molecule has 0 aromatic heterocycles. The summed E-state index contributed by atoms with van der Waals surface area (Å²) in [5, 5.41) is 0.297. The minimum Gasteiger partial charge on any atom is -0.491 e. The average Bonchev–Trinajstić information content (AvgIpc) is 3.16. The molecule has 0 radical (unpaired) electrons. The monoisotopic (exact) mass is 643 g/mol. The molecule has 0 aliphatic carbocycles. The second-order valence-corrected chi connectivity index (χ2v) is 11.8. The van der Waals surface area contributed by atoms with Crippen molar-refractivity contribution < 1.29 is 23.8 Å². The first-order chi connectivity index (χ1) is 19.2. The van der Waals surface area contributed by atoms with E-state index in [0.717, 1.165) is 34.2 Å². The van der Waals surface area contributed by atoms with Gasteiger partial charge in [-0.15, -0.1) is 0 Å². The number of hydrogen-bond donors (Lipinski definition) is 0. The number of halogens is 2. The molecule has 1 heterocycles. The third-order valence-electron chi connectivity index (χ3n) is 6.20. The van der Waals surface area contributed by atoms with Gasteiger partial charge in [-0.25, -0.2) is 0 Å². The summed E-state index contributed by atoms with van der Waals surface area (Å²) in [6.45, 7) is 9.16. The first-order valence-electron chi connectivity index (χ1n) is 13.0. The molecule has 6 nitrogen and oxygen atoms in total. The molecule has 0 unspecified atom stereocenters. The summed E-state index contributed by atoms with van der Waals surface area (Å²) in [6, 6.07) is 17.2. The van der Waals surface area contributed by atoms with Crippen molar-refractivity contribution in [2.75, 3.05) is 19.8 Å². The van der Waals surface area contributed by atoms with E-state index in [9.17, 15) is 9.59 Å². The summed E-state index contributed by atoms with van der Waals surface area (Å²) < 4.78 is 18.6. The molecule has 1 saturated heterocycles. The first kappa shape index (κ1) is 30.0. The fraction of sp³-hybridized carbons (Fsp3) is 0.290. The van der Waals surface area contributed by atoms with Crippen molar-refractivity contribution in [3.63, 3.8) is 0 Å². The Balaban J connectivity index is 1.47. The van der Waals surface area contributed by atoms with Crippen LogP contribution in [-0.4, -0.2) is 35.8 Å². The molecule has 3 aromatic carbocycles. The molecule has 1 aliphatic rings. The van der Waals surface area contributed by atoms with Crippen molar-refractivity contribution in [3.05, 3.63) is 91.3 Å². The van der Waals surface area contributed by atoms with Crippen molar-refractivity contribution in [2.45, 2.75) is 40.2 Å². The lowest BCUT2D eigenvalue weighted by Gasteiger charge is -2.17. The fourth-order valence-electron chi connectivity index (χ4n) is 4.17. The van der Waals surface area contributed by atoms with Crippen molar-refractivity contribution in [2.24, 2.45) is 0 Å². The second-order valence-electron chi connectivity index (χ2n) is 9.52. The third kappa shape index (κ3) is 7.22. The van der Waals surface area contributed by atoms with Crippen molar-refractivity contribution in [1.82, 2.24) is 4.90 Å². The van der Waals surface area contributed by atoms with Gasteiger partial charge in [-0.2, -0.15) is 0 Å². The molecule has 3 aromatic rings. The molecule has 0 bridgehead atoms. The summed E-state index contributed by atoms with van der Waals surface area (Å²) in [7, 11) is 0. The Labute approximate surface area is 252 Å². The largest absolute Gasteiger partial charge is 0.491 e. The number of ether oxygens (including phenoxy) is 3. The van der Waals surface area contributed by atoms with E-state index < -0.39 is 0 Å². The van der Waals surface area contributed by atoms with Crippen LogP contribution in [-0.2, 0) is 11.4 Å². The number of aryl methyl sites for hydroxylation is 1. The van der Waals surface area contributed by atoms with E-state index in [-0.39, 0.29) is 30.9 Å². The fourth-order valence-corrected chi connectivity index (χ4v) is 5.80. The number of nitrogens with zero attached hydrogens (tertiary/aromatic N) is 1. The van der Waals surface area contributed by atoms with Crippen LogP contribution in [0.25, 0.3) is 6.08 Å². The van der Waals surface area contributed by atoms with Gasteiger partial charge in [0.2, 0.25) is 0 Å². The van der Waals surface area contributed by atoms with Crippen LogP contribution in [0.15, 0.2) is 64.0 Å². The molecule has 9 heteroatoms. The molecular weight excluding hydrogens is 614 g/mol. The number of amides is 2. The van der Waals surface area contributed by atoms with Gasteiger partial charge < -0.3 is 14.2 Å². The summed E-state index contributed by atoms with van der Waals surface area (Å²) in [5.74, 6) is 1.77. The van der Waals surface area contributed by atoms with Gasteiger partial charge in [0, 0.05) is 10.6 Å². The molecule has 210 valence electrons. The van der Waals surface area contributed by atoms with Crippen LogP contribution in [0.2, 0.25) is 5.02 Å². The lowest BCUT2D eigenvalue weighted by Crippen LogP contribution is -2.32. The van der Waals surface area contributed by atoms with Crippen LogP contribution in [0.3, 0.4) is 0 Å². The molecule has 0 spiro atoms. The molecular formula is C31H31BrClNO5S. The maximum absolute atomic E-state index is 13.1. The van der Waals surface area contributed by atoms with Crippen LogP contribution in [0.5, 0.6) is 17.2 Å². The van der Waals surface area contributed by atoms with Crippen LogP contribution >= 0.6 is 39.3 Å². The van der Waals surface area contributed by atoms with E-state index in [2.05, 4.69) is 41.9 Å². The molecule has 1 aliphatic heterocycles. The Morgan fingerprint density at radius 3 is 2.52 bits per heavy atom. The van der Waals surface area contributed by atoms with Gasteiger partial charge in [0.1, 0.15) is 19.0 Å². The normalized spacial score (nSPS) is 14.4. The predicted octanol–water partition coefficient (Wildman–Crippen LogP) is 8.63. The minimum absolute atomic E-state index is 0.163. The number of imide groups is 1. The Hall–Kier alpha value is -2.94. The second kappa shape index (κ2) is 13.6. The minimum atomic E-state index is -0.347. The van der Waals surface area contributed by atoms with E-state index in [0.29, 0.717) is 44.0 Å². The molecule has 0 atom stereocenters. The number of benzene rings is 3. The van der Waals surface area contributed by atoms with Gasteiger partial charge >= 0.3 is 0 Å². The standard InChI is InChI=1S/C31H31BrClNO5S/c1-5-37-27-16-21(15-24(32)29(27)39-18-22-8-6-7-9-25(22)33)17-28-30(35)34(31(36)40-28)12-13-38-26-14-20(4)10-11-23(26)19(2)3/h6-11,14-17,19H,5,12-13,18H2,1-4H3/b28-17-. The van der Waals surface area contributed by atoms with E-state index >= 15 is 0 Å². The quantitative estimate of drug-likeness (QED) is 0.195. The molecule has 40 heavy (non-hydrogen) atoms. The highest BCUT2D eigenvalue weighted by atomic mass is 79.9. The zero-order chi connectivity index (χ0) is 28.8. The Kier molecular flexibility index (Phi) is 10.2. The number of carbonyl (C=O) groups excluding carboxylic acids is 2. The third-order valence-corrected chi connectivity index (χ3v) is 8.06. The lowest BCUT2D eigenvalue weighted by molar-refractivity contribution is -0.123. The average molecular weight is 645 g/mol. The Bertz CT molecular complexity index is 1440. The van der Waals surface area contributed by atoms with E-state index in [1.807, 2.05) is 50.2 Å². The molecule has 4 rings (SSSR count). The van der Waals surface area contributed by atoms with Crippen LogP contribution in [0.1, 0.15) is 48.9 Å². The highest BCUT2D eigenvalue weighted by Gasteiger charge is 2.35. The summed E-state index contributed by atoms with van der Waals surface area (Å²) >= 11 is 10.8. The highest BCUT2D eigenvalue weighted by molar-refractivity contribution is 9.10. The van der Waals surface area contributed by atoms with Crippen molar-refractivity contribution in [1.29, 1.82) is 0 Å². The number of thioether (sulfide) groups is 1. The molecule has 2 amide bonds. The van der Waals surface area contributed by atoms with Crippen LogP contribution < -0.4 is 14.2 Å². The SMILES string of the molecule is CCOc1cc(/C=C2\SC(=O)N(CCOc3cc(C)ccc3C(C)C)C2=O)cc(Br)c1OCc1ccccc1Cl. The Morgan fingerprint density at radius 1 is 1.02 bits per heavy atom. The molecule has 0 N–H and O–H groups in total. The van der Waals surface area contributed by atoms with Gasteiger partial charge in [0.15, 0.2) is 11.5 Å². The number of hydrogen-bond acceptors (Lipinski definition) is 6. The molecule has 0 saturated carbocycles. The molecule has 1 fully saturated rings. The zero-order valence-corrected chi connectivity index (χ0v) is 26.0. The lowest BCUT2D eigenvalue weighted by atomic mass is 10.0. The highest BCUT2D eigenvalue weighted by Crippen LogP contribution is 2.40. The maximum Gasteiger partial charge on any atom is 0.293 e. The van der Waals surface area contributed by atoms with Gasteiger partial charge in [-0.1, -0.05) is 55.8 Å². The van der Waals surface area contributed by atoms with Gasteiger partial charge in [0.05, 0.1) is 22.5 Å². The first-order valence-corrected chi connectivity index (χ1v) is 15.0.